The van der Waals surface area contributed by atoms with Gasteiger partial charge in [-0.05, 0) is 46.3 Å². The molecule has 1 aromatic heterocycles. The van der Waals surface area contributed by atoms with E-state index in [1.165, 1.54) is 12.1 Å². The second-order valence-electron chi connectivity index (χ2n) is 3.77. The van der Waals surface area contributed by atoms with Crippen molar-refractivity contribution in [2.45, 2.75) is 0 Å². The minimum atomic E-state index is -0.434. The highest BCUT2D eigenvalue weighted by molar-refractivity contribution is 9.10. The summed E-state index contributed by atoms with van der Waals surface area (Å²) in [7, 11) is 1.77. The van der Waals surface area contributed by atoms with Crippen molar-refractivity contribution < 1.29 is 9.18 Å². The third kappa shape index (κ3) is 3.29. The van der Waals surface area contributed by atoms with Crippen molar-refractivity contribution in [3.63, 3.8) is 0 Å². The molecule has 6 heteroatoms. The van der Waals surface area contributed by atoms with E-state index in [4.69, 9.17) is 0 Å². The lowest BCUT2D eigenvalue weighted by molar-refractivity contribution is 0.102. The van der Waals surface area contributed by atoms with Gasteiger partial charge in [0.1, 0.15) is 11.5 Å². The first-order valence-electron chi connectivity index (χ1n) is 5.50. The van der Waals surface area contributed by atoms with E-state index in [1.54, 1.807) is 31.4 Å². The highest BCUT2D eigenvalue weighted by Gasteiger charge is 2.08. The van der Waals surface area contributed by atoms with Gasteiger partial charge in [-0.1, -0.05) is 0 Å². The van der Waals surface area contributed by atoms with Gasteiger partial charge in [-0.25, -0.2) is 9.37 Å². The zero-order valence-electron chi connectivity index (χ0n) is 10.1. The molecule has 1 aromatic carbocycles. The molecule has 0 aliphatic heterocycles. The number of amides is 1. The van der Waals surface area contributed by atoms with Crippen LogP contribution in [0.5, 0.6) is 0 Å². The van der Waals surface area contributed by atoms with Gasteiger partial charge in [0.05, 0.1) is 16.4 Å². The predicted molar refractivity (Wildman–Crippen MR) is 75.8 cm³/mol. The molecule has 2 rings (SSSR count). The molecule has 1 heterocycles. The number of pyridine rings is 1. The predicted octanol–water partition coefficient (Wildman–Crippen LogP) is 3.28. The third-order valence-electron chi connectivity index (χ3n) is 2.46. The van der Waals surface area contributed by atoms with Crippen molar-refractivity contribution in [2.24, 2.45) is 0 Å². The van der Waals surface area contributed by atoms with Crippen LogP contribution in [0.3, 0.4) is 0 Å². The number of hydrogen-bond donors (Lipinski definition) is 2. The van der Waals surface area contributed by atoms with E-state index >= 15 is 0 Å². The maximum Gasteiger partial charge on any atom is 0.274 e. The Hall–Kier alpha value is -1.95. The highest BCUT2D eigenvalue weighted by atomic mass is 79.9. The van der Waals surface area contributed by atoms with Gasteiger partial charge in [-0.3, -0.25) is 4.79 Å². The molecule has 0 aliphatic carbocycles. The Morgan fingerprint density at radius 2 is 2.00 bits per heavy atom. The van der Waals surface area contributed by atoms with Crippen LogP contribution >= 0.6 is 15.9 Å². The van der Waals surface area contributed by atoms with Gasteiger partial charge in [0.2, 0.25) is 0 Å². The first-order valence-corrected chi connectivity index (χ1v) is 6.29. The van der Waals surface area contributed by atoms with E-state index in [1.807, 2.05) is 0 Å². The first-order chi connectivity index (χ1) is 9.10. The Morgan fingerprint density at radius 1 is 1.26 bits per heavy atom. The zero-order chi connectivity index (χ0) is 13.8. The van der Waals surface area contributed by atoms with Gasteiger partial charge in [-0.15, -0.1) is 0 Å². The largest absolute Gasteiger partial charge is 0.387 e. The van der Waals surface area contributed by atoms with Gasteiger partial charge in [0.15, 0.2) is 0 Å². The number of nitrogens with zero attached hydrogens (tertiary/aromatic N) is 1. The van der Waals surface area contributed by atoms with Gasteiger partial charge in [0.25, 0.3) is 5.91 Å². The van der Waals surface area contributed by atoms with E-state index in [9.17, 15) is 9.18 Å². The summed E-state index contributed by atoms with van der Waals surface area (Å²) in [6.07, 6.45) is 1.55. The summed E-state index contributed by atoms with van der Waals surface area (Å²) in [4.78, 5) is 15.9. The van der Waals surface area contributed by atoms with Gasteiger partial charge < -0.3 is 10.6 Å². The van der Waals surface area contributed by atoms with Gasteiger partial charge in [0, 0.05) is 12.7 Å². The molecule has 1 amide bonds. The monoisotopic (exact) mass is 323 g/mol. The zero-order valence-corrected chi connectivity index (χ0v) is 11.7. The maximum absolute atomic E-state index is 13.3. The number of carbonyl (C=O) groups is 1. The lowest BCUT2D eigenvalue weighted by atomic mass is 10.2. The molecule has 0 radical (unpaired) electrons. The standard InChI is InChI=1S/C13H11BrFN3O/c1-16-9-3-5-12(17-7-9)13(19)18-8-2-4-10(14)11(15)6-8/h2-7,16H,1H3,(H,18,19). The molecular formula is C13H11BrFN3O. The Kier molecular flexibility index (Phi) is 4.11. The molecule has 2 N–H and O–H groups in total. The molecule has 2 aromatic rings. The van der Waals surface area contributed by atoms with Crippen molar-refractivity contribution in [1.82, 2.24) is 4.98 Å². The van der Waals surface area contributed by atoms with Crippen LogP contribution < -0.4 is 10.6 Å². The van der Waals surface area contributed by atoms with Crippen LogP contribution in [0.1, 0.15) is 10.5 Å². The maximum atomic E-state index is 13.3. The van der Waals surface area contributed by atoms with E-state index in [2.05, 4.69) is 31.5 Å². The van der Waals surface area contributed by atoms with Gasteiger partial charge >= 0.3 is 0 Å². The SMILES string of the molecule is CNc1ccc(C(=O)Nc2ccc(Br)c(F)c2)nc1. The lowest BCUT2D eigenvalue weighted by Crippen LogP contribution is -2.13. The smallest absolute Gasteiger partial charge is 0.274 e. The fraction of sp³-hybridized carbons (Fsp3) is 0.0769. The molecule has 0 fully saturated rings. The van der Waals surface area contributed by atoms with Crippen molar-refractivity contribution in [3.05, 3.63) is 52.5 Å². The highest BCUT2D eigenvalue weighted by Crippen LogP contribution is 2.19. The molecule has 19 heavy (non-hydrogen) atoms. The molecule has 98 valence electrons. The molecule has 4 nitrogen and oxygen atoms in total. The average Bonchev–Trinajstić information content (AvgIpc) is 2.43. The summed E-state index contributed by atoms with van der Waals surface area (Å²) in [6.45, 7) is 0. The number of hydrogen-bond acceptors (Lipinski definition) is 3. The Balaban J connectivity index is 2.13. The Morgan fingerprint density at radius 3 is 2.58 bits per heavy atom. The number of carbonyl (C=O) groups excluding carboxylic acids is 1. The summed E-state index contributed by atoms with van der Waals surface area (Å²) in [5, 5.41) is 5.49. The van der Waals surface area contributed by atoms with Crippen molar-refractivity contribution in [2.75, 3.05) is 17.7 Å². The van der Waals surface area contributed by atoms with E-state index in [0.29, 0.717) is 10.2 Å². The first kappa shape index (κ1) is 13.5. The summed E-state index contributed by atoms with van der Waals surface area (Å²) in [5.41, 5.74) is 1.46. The number of benzene rings is 1. The second-order valence-corrected chi connectivity index (χ2v) is 4.62. The van der Waals surface area contributed by atoms with Crippen molar-refractivity contribution in [3.8, 4) is 0 Å². The van der Waals surface area contributed by atoms with Crippen LogP contribution in [0.2, 0.25) is 0 Å². The molecule has 0 aliphatic rings. The Labute approximate surface area is 118 Å². The van der Waals surface area contributed by atoms with Crippen molar-refractivity contribution >= 4 is 33.2 Å². The molecule has 0 saturated heterocycles. The number of aromatic nitrogens is 1. The molecule has 0 unspecified atom stereocenters. The number of anilines is 2. The van der Waals surface area contributed by atoms with Crippen LogP contribution in [0.4, 0.5) is 15.8 Å². The molecule has 0 atom stereocenters. The van der Waals surface area contributed by atoms with Crippen LogP contribution in [0, 0.1) is 5.82 Å². The summed E-state index contributed by atoms with van der Waals surface area (Å²) in [5.74, 6) is -0.819. The van der Waals surface area contributed by atoms with Crippen molar-refractivity contribution in [1.29, 1.82) is 0 Å². The van der Waals surface area contributed by atoms with E-state index in [-0.39, 0.29) is 11.6 Å². The van der Waals surface area contributed by atoms with Crippen LogP contribution in [0.15, 0.2) is 41.0 Å². The molecule has 0 spiro atoms. The minimum Gasteiger partial charge on any atom is -0.387 e. The Bertz CT molecular complexity index is 601. The molecule has 0 bridgehead atoms. The average molecular weight is 324 g/mol. The second kappa shape index (κ2) is 5.79. The fourth-order valence-corrected chi connectivity index (χ4v) is 1.69. The van der Waals surface area contributed by atoms with Crippen LogP contribution in [0.25, 0.3) is 0 Å². The molecular weight excluding hydrogens is 313 g/mol. The minimum absolute atomic E-state index is 0.266. The molecule has 0 saturated carbocycles. The summed E-state index contributed by atoms with van der Waals surface area (Å²) < 4.78 is 13.7. The summed E-state index contributed by atoms with van der Waals surface area (Å²) in [6, 6.07) is 7.71. The van der Waals surface area contributed by atoms with Crippen LogP contribution in [-0.4, -0.2) is 17.9 Å². The quantitative estimate of drug-likeness (QED) is 0.911. The number of rotatable bonds is 3. The summed E-state index contributed by atoms with van der Waals surface area (Å²) >= 11 is 3.05. The topological polar surface area (TPSA) is 54.0 Å². The van der Waals surface area contributed by atoms with Gasteiger partial charge in [-0.2, -0.15) is 0 Å². The normalized spacial score (nSPS) is 10.1. The van der Waals surface area contributed by atoms with Crippen LogP contribution in [-0.2, 0) is 0 Å². The third-order valence-corrected chi connectivity index (χ3v) is 3.11. The number of nitrogens with one attached hydrogen (secondary N) is 2. The van der Waals surface area contributed by atoms with E-state index < -0.39 is 5.82 Å². The van der Waals surface area contributed by atoms with E-state index in [0.717, 1.165) is 5.69 Å². The lowest BCUT2D eigenvalue weighted by Gasteiger charge is -2.06. The fourth-order valence-electron chi connectivity index (χ4n) is 1.45. The number of halogens is 2.